The third kappa shape index (κ3) is 1.71. The first-order chi connectivity index (χ1) is 7.78. The molecule has 0 aromatic rings. The maximum absolute atomic E-state index is 12.2. The Morgan fingerprint density at radius 3 is 2.69 bits per heavy atom. The minimum Gasteiger partial charge on any atom is -0.341 e. The van der Waals surface area contributed by atoms with Gasteiger partial charge >= 0.3 is 0 Å². The summed E-state index contributed by atoms with van der Waals surface area (Å²) in [5.74, 6) is 2.44. The molecule has 1 heterocycles. The molecule has 0 spiro atoms. The number of nitrogens with zero attached hydrogens (tertiary/aromatic N) is 2. The Morgan fingerprint density at radius 2 is 2.00 bits per heavy atom. The van der Waals surface area contributed by atoms with Crippen LogP contribution in [0.4, 0.5) is 0 Å². The summed E-state index contributed by atoms with van der Waals surface area (Å²) in [7, 11) is 0. The Kier molecular flexibility index (Phi) is 2.38. The SMILES string of the molecule is N#CC1CCCN(C(=O)C2CC3CC3C2)C1. The van der Waals surface area contributed by atoms with E-state index in [0.717, 1.165) is 44.1 Å². The van der Waals surface area contributed by atoms with Crippen LogP contribution in [0.2, 0.25) is 0 Å². The van der Waals surface area contributed by atoms with E-state index in [2.05, 4.69) is 6.07 Å². The molecule has 3 atom stereocenters. The molecule has 0 aromatic carbocycles. The lowest BCUT2D eigenvalue weighted by molar-refractivity contribution is -0.137. The molecule has 2 saturated carbocycles. The van der Waals surface area contributed by atoms with Gasteiger partial charge in [-0.15, -0.1) is 0 Å². The standard InChI is InChI=1S/C13H18N2O/c14-7-9-2-1-3-15(8-9)13(16)12-5-10-4-11(10)6-12/h9-12H,1-6,8H2. The van der Waals surface area contributed by atoms with Crippen molar-refractivity contribution < 1.29 is 4.79 Å². The van der Waals surface area contributed by atoms with E-state index in [-0.39, 0.29) is 5.92 Å². The number of fused-ring (bicyclic) bond motifs is 1. The van der Waals surface area contributed by atoms with Crippen LogP contribution in [0.15, 0.2) is 0 Å². The Balaban J connectivity index is 1.59. The van der Waals surface area contributed by atoms with Gasteiger partial charge in [0.15, 0.2) is 0 Å². The predicted molar refractivity (Wildman–Crippen MR) is 59.2 cm³/mol. The second-order valence-corrected chi connectivity index (χ2v) is 5.68. The highest BCUT2D eigenvalue weighted by Crippen LogP contribution is 2.54. The molecule has 3 rings (SSSR count). The monoisotopic (exact) mass is 218 g/mol. The minimum atomic E-state index is 0.0774. The van der Waals surface area contributed by atoms with E-state index >= 15 is 0 Å². The van der Waals surface area contributed by atoms with Crippen LogP contribution in [0.3, 0.4) is 0 Å². The fourth-order valence-electron chi connectivity index (χ4n) is 3.46. The molecule has 1 amide bonds. The molecule has 86 valence electrons. The third-order valence-electron chi connectivity index (χ3n) is 4.51. The molecular formula is C13H18N2O. The van der Waals surface area contributed by atoms with Gasteiger partial charge in [-0.05, 0) is 43.9 Å². The van der Waals surface area contributed by atoms with Crippen molar-refractivity contribution in [3.63, 3.8) is 0 Å². The summed E-state index contributed by atoms with van der Waals surface area (Å²) in [6.45, 7) is 1.56. The molecule has 0 N–H and O–H groups in total. The quantitative estimate of drug-likeness (QED) is 0.673. The Hall–Kier alpha value is -1.04. The molecule has 16 heavy (non-hydrogen) atoms. The minimum absolute atomic E-state index is 0.0774. The van der Waals surface area contributed by atoms with Gasteiger partial charge in [-0.2, -0.15) is 5.26 Å². The maximum Gasteiger partial charge on any atom is 0.225 e. The molecular weight excluding hydrogens is 200 g/mol. The van der Waals surface area contributed by atoms with Crippen LogP contribution in [-0.2, 0) is 4.79 Å². The highest BCUT2D eigenvalue weighted by Gasteiger charge is 2.48. The van der Waals surface area contributed by atoms with Gasteiger partial charge in [0.2, 0.25) is 5.91 Å². The molecule has 3 aliphatic rings. The van der Waals surface area contributed by atoms with Crippen LogP contribution < -0.4 is 0 Å². The molecule has 3 unspecified atom stereocenters. The number of hydrogen-bond donors (Lipinski definition) is 0. The summed E-state index contributed by atoms with van der Waals surface area (Å²) in [6, 6.07) is 2.30. The van der Waals surface area contributed by atoms with Crippen LogP contribution in [0, 0.1) is 35.0 Å². The Bertz CT molecular complexity index is 336. The number of likely N-dealkylation sites (tertiary alicyclic amines) is 1. The Morgan fingerprint density at radius 1 is 1.25 bits per heavy atom. The molecule has 3 heteroatoms. The van der Waals surface area contributed by atoms with Gasteiger partial charge in [0.25, 0.3) is 0 Å². The van der Waals surface area contributed by atoms with Crippen molar-refractivity contribution in [3.8, 4) is 6.07 Å². The van der Waals surface area contributed by atoms with Crippen LogP contribution in [0.5, 0.6) is 0 Å². The summed E-state index contributed by atoms with van der Waals surface area (Å²) in [4.78, 5) is 14.2. The van der Waals surface area contributed by atoms with E-state index < -0.39 is 0 Å². The smallest absolute Gasteiger partial charge is 0.225 e. The van der Waals surface area contributed by atoms with E-state index in [1.165, 1.54) is 6.42 Å². The number of piperidine rings is 1. The highest BCUT2D eigenvalue weighted by atomic mass is 16.2. The zero-order valence-corrected chi connectivity index (χ0v) is 9.56. The van der Waals surface area contributed by atoms with E-state index in [1.807, 2.05) is 4.90 Å². The van der Waals surface area contributed by atoms with Crippen molar-refractivity contribution in [1.29, 1.82) is 5.26 Å². The number of carbonyl (C=O) groups excluding carboxylic acids is 1. The molecule has 3 nitrogen and oxygen atoms in total. The van der Waals surface area contributed by atoms with E-state index in [4.69, 9.17) is 5.26 Å². The zero-order chi connectivity index (χ0) is 11.1. The number of carbonyl (C=O) groups is 1. The summed E-state index contributed by atoms with van der Waals surface area (Å²) >= 11 is 0. The topological polar surface area (TPSA) is 44.1 Å². The largest absolute Gasteiger partial charge is 0.341 e. The normalized spacial score (nSPS) is 41.3. The van der Waals surface area contributed by atoms with Gasteiger partial charge in [0.05, 0.1) is 12.0 Å². The van der Waals surface area contributed by atoms with Crippen LogP contribution in [0.1, 0.15) is 32.1 Å². The third-order valence-corrected chi connectivity index (χ3v) is 4.51. The first-order valence-electron chi connectivity index (χ1n) is 6.46. The lowest BCUT2D eigenvalue weighted by Gasteiger charge is -2.32. The number of rotatable bonds is 1. The van der Waals surface area contributed by atoms with Gasteiger partial charge in [-0.25, -0.2) is 0 Å². The number of hydrogen-bond acceptors (Lipinski definition) is 2. The van der Waals surface area contributed by atoms with Crippen molar-refractivity contribution >= 4 is 5.91 Å². The summed E-state index contributed by atoms with van der Waals surface area (Å²) in [5, 5.41) is 8.92. The predicted octanol–water partition coefficient (Wildman–Crippen LogP) is 1.79. The van der Waals surface area contributed by atoms with Gasteiger partial charge in [0.1, 0.15) is 0 Å². The lowest BCUT2D eigenvalue weighted by Crippen LogP contribution is -2.42. The average molecular weight is 218 g/mol. The summed E-state index contributed by atoms with van der Waals surface area (Å²) < 4.78 is 0. The van der Waals surface area contributed by atoms with Crippen LogP contribution >= 0.6 is 0 Å². The molecule has 1 saturated heterocycles. The molecule has 1 aliphatic heterocycles. The second-order valence-electron chi connectivity index (χ2n) is 5.68. The van der Waals surface area contributed by atoms with Gasteiger partial charge < -0.3 is 4.90 Å². The zero-order valence-electron chi connectivity index (χ0n) is 9.56. The highest BCUT2D eigenvalue weighted by molar-refractivity contribution is 5.79. The van der Waals surface area contributed by atoms with Crippen LogP contribution in [-0.4, -0.2) is 23.9 Å². The first kappa shape index (κ1) is 10.1. The first-order valence-corrected chi connectivity index (χ1v) is 6.46. The van der Waals surface area contributed by atoms with E-state index in [1.54, 1.807) is 0 Å². The summed E-state index contributed by atoms with van der Waals surface area (Å²) in [6.07, 6.45) is 5.58. The average Bonchev–Trinajstić information content (AvgIpc) is 2.95. The van der Waals surface area contributed by atoms with Crippen molar-refractivity contribution in [2.24, 2.45) is 23.7 Å². The molecule has 3 fully saturated rings. The van der Waals surface area contributed by atoms with Gasteiger partial charge in [0, 0.05) is 19.0 Å². The second kappa shape index (κ2) is 3.76. The van der Waals surface area contributed by atoms with E-state index in [9.17, 15) is 4.79 Å². The van der Waals surface area contributed by atoms with Crippen molar-refractivity contribution in [2.75, 3.05) is 13.1 Å². The molecule has 0 radical (unpaired) electrons. The number of amides is 1. The maximum atomic E-state index is 12.2. The molecule has 2 aliphatic carbocycles. The fraction of sp³-hybridized carbons (Fsp3) is 0.846. The molecule has 0 bridgehead atoms. The lowest BCUT2D eigenvalue weighted by atomic mass is 9.96. The Labute approximate surface area is 96.4 Å². The van der Waals surface area contributed by atoms with E-state index in [0.29, 0.717) is 18.4 Å². The van der Waals surface area contributed by atoms with Crippen molar-refractivity contribution in [2.45, 2.75) is 32.1 Å². The van der Waals surface area contributed by atoms with Crippen molar-refractivity contribution in [1.82, 2.24) is 4.90 Å². The van der Waals surface area contributed by atoms with Crippen LogP contribution in [0.25, 0.3) is 0 Å². The summed E-state index contributed by atoms with van der Waals surface area (Å²) in [5.41, 5.74) is 0. The van der Waals surface area contributed by atoms with Crippen molar-refractivity contribution in [3.05, 3.63) is 0 Å². The van der Waals surface area contributed by atoms with Gasteiger partial charge in [-0.3, -0.25) is 4.79 Å². The fourth-order valence-corrected chi connectivity index (χ4v) is 3.46. The number of nitriles is 1. The van der Waals surface area contributed by atoms with Gasteiger partial charge in [-0.1, -0.05) is 0 Å². The molecule has 0 aromatic heterocycles.